The lowest BCUT2D eigenvalue weighted by Crippen LogP contribution is -2.33. The van der Waals surface area contributed by atoms with Crippen LogP contribution in [0.15, 0.2) is 12.7 Å². The number of hydrogen-bond donors (Lipinski definition) is 3. The van der Waals surface area contributed by atoms with E-state index in [1.54, 1.807) is 0 Å². The summed E-state index contributed by atoms with van der Waals surface area (Å²) in [6.45, 7) is 3.58. The standard InChI is InChI=1S/C10H18O4/c1-2-3-4-5-6-7-8(11)9(12)10(13)14/h2,8-9,11-12H,1,3-7H2,(H,13,14). The van der Waals surface area contributed by atoms with Gasteiger partial charge in [0.05, 0.1) is 6.10 Å². The van der Waals surface area contributed by atoms with Gasteiger partial charge in [0.25, 0.3) is 0 Å². The average molecular weight is 202 g/mol. The van der Waals surface area contributed by atoms with Crippen molar-refractivity contribution in [3.63, 3.8) is 0 Å². The zero-order chi connectivity index (χ0) is 11.0. The van der Waals surface area contributed by atoms with E-state index in [-0.39, 0.29) is 0 Å². The van der Waals surface area contributed by atoms with Gasteiger partial charge in [0.1, 0.15) is 0 Å². The predicted octanol–water partition coefficient (Wildman–Crippen LogP) is 0.929. The van der Waals surface area contributed by atoms with E-state index in [4.69, 9.17) is 10.2 Å². The highest BCUT2D eigenvalue weighted by Gasteiger charge is 2.22. The third-order valence-corrected chi connectivity index (χ3v) is 2.03. The van der Waals surface area contributed by atoms with Gasteiger partial charge < -0.3 is 15.3 Å². The summed E-state index contributed by atoms with van der Waals surface area (Å²) in [6.07, 6.45) is 2.88. The molecule has 4 heteroatoms. The summed E-state index contributed by atoms with van der Waals surface area (Å²) in [6, 6.07) is 0. The third kappa shape index (κ3) is 5.72. The average Bonchev–Trinajstić information content (AvgIpc) is 2.16. The van der Waals surface area contributed by atoms with Gasteiger partial charge in [-0.1, -0.05) is 18.9 Å². The van der Waals surface area contributed by atoms with Crippen molar-refractivity contribution in [1.29, 1.82) is 0 Å². The van der Waals surface area contributed by atoms with Crippen LogP contribution in [0.1, 0.15) is 32.1 Å². The van der Waals surface area contributed by atoms with E-state index in [1.165, 1.54) is 0 Å². The molecular formula is C10H18O4. The Morgan fingerprint density at radius 1 is 1.29 bits per heavy atom. The largest absolute Gasteiger partial charge is 0.479 e. The van der Waals surface area contributed by atoms with Crippen LogP contribution in [0.5, 0.6) is 0 Å². The molecule has 2 atom stereocenters. The van der Waals surface area contributed by atoms with Crippen molar-refractivity contribution < 1.29 is 20.1 Å². The van der Waals surface area contributed by atoms with Crippen molar-refractivity contribution in [2.75, 3.05) is 0 Å². The number of carboxylic acid groups (broad SMARTS) is 1. The van der Waals surface area contributed by atoms with Crippen LogP contribution >= 0.6 is 0 Å². The van der Waals surface area contributed by atoms with E-state index in [0.717, 1.165) is 25.7 Å². The molecule has 0 aromatic heterocycles. The third-order valence-electron chi connectivity index (χ3n) is 2.03. The molecule has 0 bridgehead atoms. The summed E-state index contributed by atoms with van der Waals surface area (Å²) in [5, 5.41) is 26.5. The number of carbonyl (C=O) groups is 1. The molecule has 0 fully saturated rings. The minimum absolute atomic E-state index is 0.324. The molecule has 0 rings (SSSR count). The minimum atomic E-state index is -1.66. The fraction of sp³-hybridized carbons (Fsp3) is 0.700. The second kappa shape index (κ2) is 7.53. The first kappa shape index (κ1) is 13.1. The molecule has 82 valence electrons. The maximum Gasteiger partial charge on any atom is 0.335 e. The summed E-state index contributed by atoms with van der Waals surface area (Å²) in [5.41, 5.74) is 0. The summed E-state index contributed by atoms with van der Waals surface area (Å²) in [4.78, 5) is 10.3. The molecule has 0 aliphatic rings. The molecule has 2 unspecified atom stereocenters. The molecule has 4 nitrogen and oxygen atoms in total. The Bertz CT molecular complexity index is 179. The number of aliphatic carboxylic acids is 1. The van der Waals surface area contributed by atoms with Crippen LogP contribution in [0, 0.1) is 0 Å². The monoisotopic (exact) mass is 202 g/mol. The van der Waals surface area contributed by atoms with Gasteiger partial charge in [-0.15, -0.1) is 6.58 Å². The molecular weight excluding hydrogens is 184 g/mol. The number of carboxylic acids is 1. The molecule has 0 amide bonds. The van der Waals surface area contributed by atoms with Gasteiger partial charge in [-0.05, 0) is 19.3 Å². The van der Waals surface area contributed by atoms with Crippen LogP contribution in [-0.4, -0.2) is 33.5 Å². The second-order valence-corrected chi connectivity index (χ2v) is 3.28. The zero-order valence-corrected chi connectivity index (χ0v) is 8.22. The molecule has 0 aromatic carbocycles. The van der Waals surface area contributed by atoms with Gasteiger partial charge in [0, 0.05) is 0 Å². The van der Waals surface area contributed by atoms with E-state index in [0.29, 0.717) is 6.42 Å². The highest BCUT2D eigenvalue weighted by molar-refractivity contribution is 5.72. The highest BCUT2D eigenvalue weighted by Crippen LogP contribution is 2.08. The first-order chi connectivity index (χ1) is 6.59. The Morgan fingerprint density at radius 2 is 1.93 bits per heavy atom. The number of aliphatic hydroxyl groups is 2. The number of aliphatic hydroxyl groups excluding tert-OH is 2. The Labute approximate surface area is 83.9 Å². The maximum absolute atomic E-state index is 10.3. The molecule has 0 spiro atoms. The molecule has 14 heavy (non-hydrogen) atoms. The lowest BCUT2D eigenvalue weighted by molar-refractivity contribution is -0.153. The smallest absolute Gasteiger partial charge is 0.335 e. The molecule has 0 heterocycles. The number of hydrogen-bond acceptors (Lipinski definition) is 3. The van der Waals surface area contributed by atoms with Crippen LogP contribution in [0.25, 0.3) is 0 Å². The van der Waals surface area contributed by atoms with Gasteiger partial charge in [-0.3, -0.25) is 0 Å². The Morgan fingerprint density at radius 3 is 2.43 bits per heavy atom. The van der Waals surface area contributed by atoms with Crippen LogP contribution in [0.3, 0.4) is 0 Å². The number of unbranched alkanes of at least 4 members (excludes halogenated alkanes) is 3. The quantitative estimate of drug-likeness (QED) is 0.404. The maximum atomic E-state index is 10.3. The van der Waals surface area contributed by atoms with Crippen LogP contribution in [0.2, 0.25) is 0 Å². The van der Waals surface area contributed by atoms with E-state index in [2.05, 4.69) is 6.58 Å². The summed E-state index contributed by atoms with van der Waals surface area (Å²) in [7, 11) is 0. The van der Waals surface area contributed by atoms with E-state index in [1.807, 2.05) is 6.08 Å². The van der Waals surface area contributed by atoms with Crippen LogP contribution < -0.4 is 0 Å². The van der Waals surface area contributed by atoms with E-state index >= 15 is 0 Å². The molecule has 0 aromatic rings. The Kier molecular flexibility index (Phi) is 7.06. The van der Waals surface area contributed by atoms with Crippen molar-refractivity contribution in [3.8, 4) is 0 Å². The molecule has 0 radical (unpaired) electrons. The predicted molar refractivity (Wildman–Crippen MR) is 52.9 cm³/mol. The van der Waals surface area contributed by atoms with Gasteiger partial charge in [0.15, 0.2) is 6.10 Å². The molecule has 0 saturated carbocycles. The fourth-order valence-corrected chi connectivity index (χ4v) is 1.14. The van der Waals surface area contributed by atoms with Crippen LogP contribution in [0.4, 0.5) is 0 Å². The number of allylic oxidation sites excluding steroid dienone is 1. The Hall–Kier alpha value is -0.870. The van der Waals surface area contributed by atoms with Crippen molar-refractivity contribution in [2.45, 2.75) is 44.3 Å². The lowest BCUT2D eigenvalue weighted by atomic mass is 10.1. The lowest BCUT2D eigenvalue weighted by Gasteiger charge is -2.13. The molecule has 0 aliphatic carbocycles. The van der Waals surface area contributed by atoms with Crippen molar-refractivity contribution in [3.05, 3.63) is 12.7 Å². The van der Waals surface area contributed by atoms with E-state index in [9.17, 15) is 9.90 Å². The normalized spacial score (nSPS) is 14.7. The fourth-order valence-electron chi connectivity index (χ4n) is 1.14. The number of rotatable bonds is 8. The first-order valence-corrected chi connectivity index (χ1v) is 4.79. The van der Waals surface area contributed by atoms with Crippen LogP contribution in [-0.2, 0) is 4.79 Å². The summed E-state index contributed by atoms with van der Waals surface area (Å²) < 4.78 is 0. The van der Waals surface area contributed by atoms with Crippen molar-refractivity contribution in [1.82, 2.24) is 0 Å². The second-order valence-electron chi connectivity index (χ2n) is 3.28. The van der Waals surface area contributed by atoms with Gasteiger partial charge in [-0.25, -0.2) is 4.79 Å². The van der Waals surface area contributed by atoms with Crippen molar-refractivity contribution >= 4 is 5.97 Å². The Balaban J connectivity index is 3.48. The van der Waals surface area contributed by atoms with Gasteiger partial charge in [0.2, 0.25) is 0 Å². The summed E-state index contributed by atoms with van der Waals surface area (Å²) >= 11 is 0. The summed E-state index contributed by atoms with van der Waals surface area (Å²) in [5.74, 6) is -1.37. The first-order valence-electron chi connectivity index (χ1n) is 4.79. The topological polar surface area (TPSA) is 77.8 Å². The molecule has 3 N–H and O–H groups in total. The van der Waals surface area contributed by atoms with Crippen molar-refractivity contribution in [2.24, 2.45) is 0 Å². The zero-order valence-electron chi connectivity index (χ0n) is 8.22. The van der Waals surface area contributed by atoms with Gasteiger partial charge >= 0.3 is 5.97 Å². The molecule has 0 aliphatic heterocycles. The SMILES string of the molecule is C=CCCCCCC(O)C(O)C(=O)O. The minimum Gasteiger partial charge on any atom is -0.479 e. The molecule has 0 saturated heterocycles. The van der Waals surface area contributed by atoms with E-state index < -0.39 is 18.2 Å². The highest BCUT2D eigenvalue weighted by atomic mass is 16.4. The van der Waals surface area contributed by atoms with Gasteiger partial charge in [-0.2, -0.15) is 0 Å².